The lowest BCUT2D eigenvalue weighted by Gasteiger charge is -2.39. The molecule has 1 saturated heterocycles. The van der Waals surface area contributed by atoms with E-state index in [1.54, 1.807) is 0 Å². The second kappa shape index (κ2) is 6.15. The van der Waals surface area contributed by atoms with Gasteiger partial charge in [-0.15, -0.1) is 0 Å². The highest BCUT2D eigenvalue weighted by molar-refractivity contribution is 5.84. The van der Waals surface area contributed by atoms with Crippen LogP contribution in [-0.2, 0) is 17.8 Å². The summed E-state index contributed by atoms with van der Waals surface area (Å²) in [5.41, 5.74) is 3.54. The average Bonchev–Trinajstić information content (AvgIpc) is 3.14. The van der Waals surface area contributed by atoms with E-state index in [9.17, 15) is 4.79 Å². The molecule has 1 aliphatic rings. The quantitative estimate of drug-likeness (QED) is 0.785. The molecule has 5 heteroatoms. The molecule has 124 valence electrons. The Hall–Kier alpha value is -2.56. The van der Waals surface area contributed by atoms with Crippen molar-refractivity contribution in [2.75, 3.05) is 13.1 Å². The van der Waals surface area contributed by atoms with Crippen molar-refractivity contribution in [1.29, 1.82) is 0 Å². The zero-order valence-electron chi connectivity index (χ0n) is 13.9. The summed E-state index contributed by atoms with van der Waals surface area (Å²) >= 11 is 0. The minimum absolute atomic E-state index is 0.258. The molecule has 0 aliphatic carbocycles. The summed E-state index contributed by atoms with van der Waals surface area (Å²) in [7, 11) is 0. The van der Waals surface area contributed by atoms with Crippen LogP contribution in [0.3, 0.4) is 0 Å². The first-order valence-electron chi connectivity index (χ1n) is 8.51. The number of amides is 1. The number of likely N-dealkylation sites (tertiary alicyclic amines) is 1. The predicted molar refractivity (Wildman–Crippen MR) is 93.7 cm³/mol. The van der Waals surface area contributed by atoms with Gasteiger partial charge in [-0.2, -0.15) is 5.10 Å². The molecule has 0 saturated carbocycles. The summed E-state index contributed by atoms with van der Waals surface area (Å²) < 4.78 is 1.98. The van der Waals surface area contributed by atoms with E-state index in [-0.39, 0.29) is 5.91 Å². The number of nitrogens with zero attached hydrogens (tertiary/aromatic N) is 3. The van der Waals surface area contributed by atoms with E-state index in [2.05, 4.69) is 28.4 Å². The smallest absolute Gasteiger partial charge is 0.222 e. The lowest BCUT2D eigenvalue weighted by atomic mass is 9.99. The molecule has 0 bridgehead atoms. The van der Waals surface area contributed by atoms with Gasteiger partial charge in [-0.1, -0.05) is 18.2 Å². The van der Waals surface area contributed by atoms with E-state index >= 15 is 0 Å². The van der Waals surface area contributed by atoms with Gasteiger partial charge in [0.05, 0.1) is 6.20 Å². The van der Waals surface area contributed by atoms with Crippen molar-refractivity contribution in [2.24, 2.45) is 5.92 Å². The number of benzene rings is 1. The molecule has 0 atom stereocenters. The monoisotopic (exact) mass is 322 g/mol. The van der Waals surface area contributed by atoms with E-state index in [0.717, 1.165) is 31.6 Å². The lowest BCUT2D eigenvalue weighted by Crippen LogP contribution is -2.51. The van der Waals surface area contributed by atoms with Gasteiger partial charge in [-0.05, 0) is 30.5 Å². The molecule has 0 spiro atoms. The maximum Gasteiger partial charge on any atom is 0.222 e. The van der Waals surface area contributed by atoms with E-state index in [0.29, 0.717) is 12.3 Å². The number of fused-ring (bicyclic) bond motifs is 1. The number of H-pyrrole nitrogens is 1. The Kier molecular flexibility index (Phi) is 3.84. The SMILES string of the molecule is Cc1cnn(CC2CN(C(=O)CCc3c[nH]c4ccccc34)C2)c1. The van der Waals surface area contributed by atoms with Gasteiger partial charge in [0, 0.05) is 55.3 Å². The van der Waals surface area contributed by atoms with Crippen LogP contribution in [0.2, 0.25) is 0 Å². The third-order valence-corrected chi connectivity index (χ3v) is 4.80. The minimum atomic E-state index is 0.258. The van der Waals surface area contributed by atoms with Crippen molar-refractivity contribution in [3.63, 3.8) is 0 Å². The number of hydrogen-bond acceptors (Lipinski definition) is 2. The van der Waals surface area contributed by atoms with Gasteiger partial charge >= 0.3 is 0 Å². The van der Waals surface area contributed by atoms with Gasteiger partial charge in [0.1, 0.15) is 0 Å². The van der Waals surface area contributed by atoms with Crippen LogP contribution in [0.1, 0.15) is 17.5 Å². The zero-order valence-corrected chi connectivity index (χ0v) is 13.9. The largest absolute Gasteiger partial charge is 0.361 e. The van der Waals surface area contributed by atoms with Crippen LogP contribution in [0.4, 0.5) is 0 Å². The summed E-state index contributed by atoms with van der Waals surface area (Å²) in [6.07, 6.45) is 7.33. The highest BCUT2D eigenvalue weighted by atomic mass is 16.2. The van der Waals surface area contributed by atoms with Gasteiger partial charge in [0.2, 0.25) is 5.91 Å². The van der Waals surface area contributed by atoms with E-state index < -0.39 is 0 Å². The molecule has 24 heavy (non-hydrogen) atoms. The Morgan fingerprint density at radius 3 is 2.96 bits per heavy atom. The summed E-state index contributed by atoms with van der Waals surface area (Å²) in [4.78, 5) is 17.6. The molecular formula is C19H22N4O. The van der Waals surface area contributed by atoms with Crippen LogP contribution >= 0.6 is 0 Å². The maximum absolute atomic E-state index is 12.4. The first-order chi connectivity index (χ1) is 11.7. The van der Waals surface area contributed by atoms with Crippen LogP contribution in [0.5, 0.6) is 0 Å². The Morgan fingerprint density at radius 1 is 1.33 bits per heavy atom. The van der Waals surface area contributed by atoms with Crippen LogP contribution in [0.15, 0.2) is 42.9 Å². The standard InChI is InChI=1S/C19H22N4O/c1-14-8-21-23(10-14)13-15-11-22(12-15)19(24)7-6-16-9-20-18-5-3-2-4-17(16)18/h2-5,8-10,15,20H,6-7,11-13H2,1H3. The molecule has 1 aliphatic heterocycles. The molecule has 3 heterocycles. The number of hydrogen-bond donors (Lipinski definition) is 1. The van der Waals surface area contributed by atoms with Gasteiger partial charge in [-0.25, -0.2) is 0 Å². The van der Waals surface area contributed by atoms with Crippen molar-refractivity contribution in [3.8, 4) is 0 Å². The molecule has 1 N–H and O–H groups in total. The number of nitrogens with one attached hydrogen (secondary N) is 1. The summed E-state index contributed by atoms with van der Waals surface area (Å²) in [6, 6.07) is 8.24. The third kappa shape index (κ3) is 2.94. The summed E-state index contributed by atoms with van der Waals surface area (Å²) in [5, 5.41) is 5.54. The van der Waals surface area contributed by atoms with Crippen molar-refractivity contribution in [2.45, 2.75) is 26.3 Å². The summed E-state index contributed by atoms with van der Waals surface area (Å²) in [6.45, 7) is 4.65. The Labute approximate surface area is 141 Å². The number of rotatable bonds is 5. The van der Waals surface area contributed by atoms with Crippen LogP contribution in [0.25, 0.3) is 10.9 Å². The number of carbonyl (C=O) groups is 1. The van der Waals surface area contributed by atoms with Crippen LogP contribution < -0.4 is 0 Å². The third-order valence-electron chi connectivity index (χ3n) is 4.80. The highest BCUT2D eigenvalue weighted by Crippen LogP contribution is 2.22. The molecule has 0 unspecified atom stereocenters. The fourth-order valence-electron chi connectivity index (χ4n) is 3.46. The number of para-hydroxylation sites is 1. The normalized spacial score (nSPS) is 15.0. The summed E-state index contributed by atoms with van der Waals surface area (Å²) in [5.74, 6) is 0.787. The fourth-order valence-corrected chi connectivity index (χ4v) is 3.46. The van der Waals surface area contributed by atoms with Gasteiger partial charge < -0.3 is 9.88 Å². The molecule has 1 fully saturated rings. The van der Waals surface area contributed by atoms with Crippen LogP contribution in [-0.4, -0.2) is 38.7 Å². The zero-order chi connectivity index (χ0) is 16.5. The molecule has 0 radical (unpaired) electrons. The van der Waals surface area contributed by atoms with Gasteiger partial charge in [-0.3, -0.25) is 9.48 Å². The van der Waals surface area contributed by atoms with Gasteiger partial charge in [0.25, 0.3) is 0 Å². The molecule has 4 rings (SSSR count). The van der Waals surface area contributed by atoms with E-state index in [4.69, 9.17) is 0 Å². The van der Waals surface area contributed by atoms with Crippen molar-refractivity contribution < 1.29 is 4.79 Å². The van der Waals surface area contributed by atoms with E-state index in [1.165, 1.54) is 16.5 Å². The second-order valence-corrected chi connectivity index (χ2v) is 6.76. The number of aromatic amines is 1. The Balaban J connectivity index is 1.27. The average molecular weight is 322 g/mol. The van der Waals surface area contributed by atoms with Crippen molar-refractivity contribution in [1.82, 2.24) is 19.7 Å². The molecule has 5 nitrogen and oxygen atoms in total. The van der Waals surface area contributed by atoms with Crippen molar-refractivity contribution >= 4 is 16.8 Å². The van der Waals surface area contributed by atoms with Crippen molar-refractivity contribution in [3.05, 3.63) is 54.0 Å². The molecular weight excluding hydrogens is 300 g/mol. The molecule has 2 aromatic heterocycles. The molecule has 1 aromatic carbocycles. The molecule has 3 aromatic rings. The predicted octanol–water partition coefficient (Wildman–Crippen LogP) is 2.76. The van der Waals surface area contributed by atoms with Gasteiger partial charge in [0.15, 0.2) is 0 Å². The number of aromatic nitrogens is 3. The molecule has 1 amide bonds. The highest BCUT2D eigenvalue weighted by Gasteiger charge is 2.30. The first kappa shape index (κ1) is 15.0. The number of carbonyl (C=O) groups excluding carboxylic acids is 1. The Bertz CT molecular complexity index is 857. The first-order valence-corrected chi connectivity index (χ1v) is 8.51. The topological polar surface area (TPSA) is 53.9 Å². The second-order valence-electron chi connectivity index (χ2n) is 6.76. The maximum atomic E-state index is 12.4. The van der Waals surface area contributed by atoms with E-state index in [1.807, 2.05) is 41.0 Å². The Morgan fingerprint density at radius 2 is 2.17 bits per heavy atom. The lowest BCUT2D eigenvalue weighted by molar-refractivity contribution is -0.137. The van der Waals surface area contributed by atoms with Crippen LogP contribution in [0, 0.1) is 12.8 Å². The minimum Gasteiger partial charge on any atom is -0.361 e. The number of aryl methyl sites for hydroxylation is 2. The fraction of sp³-hybridized carbons (Fsp3) is 0.368.